The van der Waals surface area contributed by atoms with Gasteiger partial charge in [-0.15, -0.1) is 0 Å². The smallest absolute Gasteiger partial charge is 0.266 e. The zero-order chi connectivity index (χ0) is 16.4. The van der Waals surface area contributed by atoms with E-state index in [0.29, 0.717) is 24.8 Å². The summed E-state index contributed by atoms with van der Waals surface area (Å²) in [6, 6.07) is 3.35. The van der Waals surface area contributed by atoms with Gasteiger partial charge >= 0.3 is 0 Å². The van der Waals surface area contributed by atoms with Crippen molar-refractivity contribution in [1.29, 1.82) is 0 Å². The first-order chi connectivity index (χ1) is 11.0. The Kier molecular flexibility index (Phi) is 4.27. The molecule has 0 saturated heterocycles. The van der Waals surface area contributed by atoms with Gasteiger partial charge in [0, 0.05) is 24.1 Å². The van der Waals surface area contributed by atoms with E-state index in [2.05, 4.69) is 15.6 Å². The molecular weight excluding hydrogens is 296 g/mol. The number of carbonyl (C=O) groups excluding carboxylic acids is 1. The Bertz CT molecular complexity index is 754. The molecule has 1 aliphatic carbocycles. The first-order valence-electron chi connectivity index (χ1n) is 7.81. The molecule has 3 rings (SSSR count). The summed E-state index contributed by atoms with van der Waals surface area (Å²) in [6.45, 7) is 4.33. The van der Waals surface area contributed by atoms with Crippen LogP contribution in [-0.2, 0) is 17.8 Å². The largest absolute Gasteiger partial charge is 0.361 e. The molecule has 1 amide bonds. The lowest BCUT2D eigenvalue weighted by atomic mass is 10.1. The van der Waals surface area contributed by atoms with E-state index in [9.17, 15) is 9.59 Å². The van der Waals surface area contributed by atoms with E-state index in [0.717, 1.165) is 29.8 Å². The number of nitrogens with one attached hydrogen (secondary N) is 1. The van der Waals surface area contributed by atoms with Crippen LogP contribution in [0, 0.1) is 13.8 Å². The molecule has 1 fully saturated rings. The zero-order valence-corrected chi connectivity index (χ0v) is 13.3. The van der Waals surface area contributed by atoms with Gasteiger partial charge in [0.2, 0.25) is 5.91 Å². The fourth-order valence-corrected chi connectivity index (χ4v) is 2.50. The van der Waals surface area contributed by atoms with Crippen LogP contribution in [0.1, 0.15) is 41.5 Å². The van der Waals surface area contributed by atoms with Crippen LogP contribution < -0.4 is 10.9 Å². The third-order valence-electron chi connectivity index (χ3n) is 4.05. The Morgan fingerprint density at radius 2 is 2.17 bits per heavy atom. The molecule has 23 heavy (non-hydrogen) atoms. The SMILES string of the molecule is Cc1noc(C)c1CC(=O)NCCn1nc(C2CC2)ccc1=O. The average molecular weight is 316 g/mol. The van der Waals surface area contributed by atoms with Gasteiger partial charge in [0.25, 0.3) is 5.56 Å². The van der Waals surface area contributed by atoms with Crippen LogP contribution >= 0.6 is 0 Å². The highest BCUT2D eigenvalue weighted by atomic mass is 16.5. The Morgan fingerprint density at radius 3 is 2.83 bits per heavy atom. The molecule has 0 atom stereocenters. The molecule has 0 spiro atoms. The van der Waals surface area contributed by atoms with Gasteiger partial charge in [-0.05, 0) is 32.8 Å². The highest BCUT2D eigenvalue weighted by molar-refractivity contribution is 5.78. The van der Waals surface area contributed by atoms with Gasteiger partial charge in [-0.25, -0.2) is 4.68 Å². The number of rotatable bonds is 6. The molecule has 0 aliphatic heterocycles. The van der Waals surface area contributed by atoms with Gasteiger partial charge in [0.15, 0.2) is 0 Å². The number of hydrogen-bond acceptors (Lipinski definition) is 5. The van der Waals surface area contributed by atoms with Crippen molar-refractivity contribution in [3.8, 4) is 0 Å². The fourth-order valence-electron chi connectivity index (χ4n) is 2.50. The number of amides is 1. The fraction of sp³-hybridized carbons (Fsp3) is 0.500. The normalized spacial score (nSPS) is 14.0. The van der Waals surface area contributed by atoms with Gasteiger partial charge < -0.3 is 9.84 Å². The Hall–Kier alpha value is -2.44. The third-order valence-corrected chi connectivity index (χ3v) is 4.05. The lowest BCUT2D eigenvalue weighted by Gasteiger charge is -2.08. The summed E-state index contributed by atoms with van der Waals surface area (Å²) in [6.07, 6.45) is 2.50. The van der Waals surface area contributed by atoms with Gasteiger partial charge in [-0.2, -0.15) is 5.10 Å². The molecular formula is C16H20N4O3. The van der Waals surface area contributed by atoms with E-state index >= 15 is 0 Å². The molecule has 0 bridgehead atoms. The number of hydrogen-bond donors (Lipinski definition) is 1. The van der Waals surface area contributed by atoms with Crippen LogP contribution in [0.4, 0.5) is 0 Å². The molecule has 1 N–H and O–H groups in total. The summed E-state index contributed by atoms with van der Waals surface area (Å²) >= 11 is 0. The first kappa shape index (κ1) is 15.5. The number of aryl methyl sites for hydroxylation is 2. The van der Waals surface area contributed by atoms with Crippen molar-refractivity contribution in [2.24, 2.45) is 0 Å². The van der Waals surface area contributed by atoms with E-state index < -0.39 is 0 Å². The van der Waals surface area contributed by atoms with E-state index in [-0.39, 0.29) is 17.9 Å². The summed E-state index contributed by atoms with van der Waals surface area (Å²) in [5.41, 5.74) is 2.36. The number of nitrogens with zero attached hydrogens (tertiary/aromatic N) is 3. The van der Waals surface area contributed by atoms with E-state index in [4.69, 9.17) is 4.52 Å². The van der Waals surface area contributed by atoms with Crippen molar-refractivity contribution in [2.75, 3.05) is 6.54 Å². The molecule has 7 nitrogen and oxygen atoms in total. The molecule has 1 aliphatic rings. The minimum absolute atomic E-state index is 0.120. The van der Waals surface area contributed by atoms with Crippen molar-refractivity contribution in [3.05, 3.63) is 45.2 Å². The van der Waals surface area contributed by atoms with Crippen LogP contribution in [0.5, 0.6) is 0 Å². The van der Waals surface area contributed by atoms with E-state index in [1.54, 1.807) is 19.1 Å². The monoisotopic (exact) mass is 316 g/mol. The Morgan fingerprint density at radius 1 is 1.39 bits per heavy atom. The topological polar surface area (TPSA) is 90.0 Å². The van der Waals surface area contributed by atoms with Crippen LogP contribution in [-0.4, -0.2) is 27.4 Å². The summed E-state index contributed by atoms with van der Waals surface area (Å²) in [5, 5.41) is 11.0. The van der Waals surface area contributed by atoms with Crippen LogP contribution in [0.3, 0.4) is 0 Å². The van der Waals surface area contributed by atoms with Gasteiger partial charge in [-0.1, -0.05) is 5.16 Å². The molecule has 7 heteroatoms. The van der Waals surface area contributed by atoms with E-state index in [1.807, 2.05) is 6.92 Å². The van der Waals surface area contributed by atoms with Crippen LogP contribution in [0.15, 0.2) is 21.5 Å². The van der Waals surface area contributed by atoms with Gasteiger partial charge in [-0.3, -0.25) is 9.59 Å². The number of aromatic nitrogens is 3. The molecule has 122 valence electrons. The Balaban J connectivity index is 1.54. The Labute approximate surface area is 133 Å². The molecule has 0 aromatic carbocycles. The molecule has 0 radical (unpaired) electrons. The quantitative estimate of drug-likeness (QED) is 0.861. The minimum atomic E-state index is -0.144. The van der Waals surface area contributed by atoms with Crippen molar-refractivity contribution < 1.29 is 9.32 Å². The standard InChI is InChI=1S/C16H20N4O3/c1-10-13(11(2)23-19-10)9-15(21)17-7-8-20-16(22)6-5-14(18-20)12-3-4-12/h5-6,12H,3-4,7-9H2,1-2H3,(H,17,21). The molecule has 2 heterocycles. The second kappa shape index (κ2) is 6.36. The van der Waals surface area contributed by atoms with Gasteiger partial charge in [0.05, 0.1) is 24.4 Å². The number of carbonyl (C=O) groups is 1. The lowest BCUT2D eigenvalue weighted by Crippen LogP contribution is -2.33. The molecule has 2 aromatic rings. The summed E-state index contributed by atoms with van der Waals surface area (Å²) in [7, 11) is 0. The second-order valence-corrected chi connectivity index (χ2v) is 5.92. The van der Waals surface area contributed by atoms with Crippen molar-refractivity contribution in [2.45, 2.75) is 45.6 Å². The van der Waals surface area contributed by atoms with Crippen molar-refractivity contribution in [3.63, 3.8) is 0 Å². The summed E-state index contributed by atoms with van der Waals surface area (Å²) < 4.78 is 6.46. The molecule has 2 aromatic heterocycles. The maximum atomic E-state index is 12.0. The lowest BCUT2D eigenvalue weighted by molar-refractivity contribution is -0.120. The highest BCUT2D eigenvalue weighted by Gasteiger charge is 2.25. The maximum absolute atomic E-state index is 12.0. The van der Waals surface area contributed by atoms with Crippen LogP contribution in [0.2, 0.25) is 0 Å². The third kappa shape index (κ3) is 3.67. The zero-order valence-electron chi connectivity index (χ0n) is 13.3. The summed E-state index contributed by atoms with van der Waals surface area (Å²) in [5.74, 6) is 1.04. The first-order valence-corrected chi connectivity index (χ1v) is 7.81. The van der Waals surface area contributed by atoms with Gasteiger partial charge in [0.1, 0.15) is 5.76 Å². The van der Waals surface area contributed by atoms with Crippen molar-refractivity contribution in [1.82, 2.24) is 20.3 Å². The predicted octanol–water partition coefficient (Wildman–Crippen LogP) is 1.08. The molecule has 0 unspecified atom stereocenters. The van der Waals surface area contributed by atoms with Crippen LogP contribution in [0.25, 0.3) is 0 Å². The van der Waals surface area contributed by atoms with E-state index in [1.165, 1.54) is 4.68 Å². The predicted molar refractivity (Wildman–Crippen MR) is 83.2 cm³/mol. The minimum Gasteiger partial charge on any atom is -0.361 e. The maximum Gasteiger partial charge on any atom is 0.266 e. The van der Waals surface area contributed by atoms with Crippen molar-refractivity contribution >= 4 is 5.91 Å². The second-order valence-electron chi connectivity index (χ2n) is 5.92. The molecule has 1 saturated carbocycles. The highest BCUT2D eigenvalue weighted by Crippen LogP contribution is 2.38. The average Bonchev–Trinajstić information content (AvgIpc) is 3.32. The summed E-state index contributed by atoms with van der Waals surface area (Å²) in [4.78, 5) is 23.8.